The Morgan fingerprint density at radius 2 is 0.640 bits per heavy atom. The predicted molar refractivity (Wildman–Crippen MR) is 198 cm³/mol. The summed E-state index contributed by atoms with van der Waals surface area (Å²) < 4.78 is 12.2. The number of carbonyl (C=O) groups excluding carboxylic acids is 2. The second-order valence-electron chi connectivity index (χ2n) is 11.8. The summed E-state index contributed by atoms with van der Waals surface area (Å²) in [5.41, 5.74) is 3.85. The van der Waals surface area contributed by atoms with E-state index in [4.69, 9.17) is 9.47 Å². The zero-order valence-corrected chi connectivity index (χ0v) is 28.2. The molecule has 0 atom stereocenters. The molecular formula is C45H39NO4. The SMILES string of the molecule is C=C(C)C(=O)OC(c1ccccc1)(c1ccccc1)c1ccccc1.C=C(C)C(=O)OC(c1ccccc1)(c1ccccc1)c1ccncc1. The maximum Gasteiger partial charge on any atom is 0.334 e. The lowest BCUT2D eigenvalue weighted by atomic mass is 9.80. The van der Waals surface area contributed by atoms with Gasteiger partial charge in [-0.1, -0.05) is 165 Å². The van der Waals surface area contributed by atoms with E-state index in [1.54, 1.807) is 26.2 Å². The highest BCUT2D eigenvalue weighted by Gasteiger charge is 2.41. The first kappa shape index (κ1) is 35.0. The molecule has 0 N–H and O–H groups in total. The molecule has 1 heterocycles. The first-order valence-corrected chi connectivity index (χ1v) is 16.2. The van der Waals surface area contributed by atoms with E-state index in [1.807, 2.05) is 164 Å². The van der Waals surface area contributed by atoms with Gasteiger partial charge in [0, 0.05) is 56.9 Å². The van der Waals surface area contributed by atoms with Gasteiger partial charge in [0.15, 0.2) is 11.2 Å². The van der Waals surface area contributed by atoms with E-state index in [-0.39, 0.29) is 0 Å². The van der Waals surface area contributed by atoms with Gasteiger partial charge in [0.25, 0.3) is 0 Å². The molecule has 0 aliphatic carbocycles. The molecule has 5 nitrogen and oxygen atoms in total. The number of ether oxygens (including phenoxy) is 2. The fourth-order valence-electron chi connectivity index (χ4n) is 5.76. The molecule has 5 aromatic carbocycles. The third kappa shape index (κ3) is 7.53. The van der Waals surface area contributed by atoms with Crippen LogP contribution < -0.4 is 0 Å². The minimum atomic E-state index is -1.07. The minimum absolute atomic E-state index is 0.352. The van der Waals surface area contributed by atoms with Crippen molar-refractivity contribution in [1.82, 2.24) is 4.98 Å². The van der Waals surface area contributed by atoms with Crippen molar-refractivity contribution in [3.05, 3.63) is 234 Å². The van der Waals surface area contributed by atoms with E-state index in [2.05, 4.69) is 18.1 Å². The number of aromatic nitrogens is 1. The average Bonchev–Trinajstić information content (AvgIpc) is 3.18. The standard InChI is InChI=1S/C23H20O2.C22H19NO2/c1-18(2)22(24)25-23(19-12-6-3-7-13-19,20-14-8-4-9-15-20)21-16-10-5-11-17-21;1-17(2)21(24)25-22(18-9-5-3-6-10-18,19-11-7-4-8-12-19)20-13-15-23-16-14-20/h3-17H,1H2,2H3;3-16H,1H2,2H3. The Bertz CT molecular complexity index is 1670. The van der Waals surface area contributed by atoms with Crippen LogP contribution in [0.25, 0.3) is 0 Å². The van der Waals surface area contributed by atoms with Gasteiger partial charge in [-0.05, 0) is 26.0 Å². The molecule has 0 radical (unpaired) electrons. The van der Waals surface area contributed by atoms with Crippen LogP contribution in [0.1, 0.15) is 47.2 Å². The molecule has 5 heteroatoms. The van der Waals surface area contributed by atoms with Crippen LogP contribution in [0.3, 0.4) is 0 Å². The van der Waals surface area contributed by atoms with Crippen LogP contribution in [0.4, 0.5) is 0 Å². The molecule has 0 saturated heterocycles. The molecule has 50 heavy (non-hydrogen) atoms. The predicted octanol–water partition coefficient (Wildman–Crippen LogP) is 9.59. The van der Waals surface area contributed by atoms with Gasteiger partial charge in [0.1, 0.15) is 0 Å². The number of benzene rings is 5. The number of pyridine rings is 1. The molecule has 0 aliphatic rings. The molecule has 248 valence electrons. The molecule has 6 aromatic rings. The lowest BCUT2D eigenvalue weighted by Crippen LogP contribution is -2.35. The molecule has 6 rings (SSSR count). The van der Waals surface area contributed by atoms with Crippen LogP contribution >= 0.6 is 0 Å². The van der Waals surface area contributed by atoms with Crippen LogP contribution in [0.5, 0.6) is 0 Å². The fraction of sp³-hybridized carbons (Fsp3) is 0.0889. The Balaban J connectivity index is 0.000000194. The Morgan fingerprint density at radius 1 is 0.420 bits per heavy atom. The van der Waals surface area contributed by atoms with Gasteiger partial charge in [-0.25, -0.2) is 9.59 Å². The molecule has 0 amide bonds. The van der Waals surface area contributed by atoms with E-state index in [1.165, 1.54) is 0 Å². The van der Waals surface area contributed by atoms with Gasteiger partial charge in [0.2, 0.25) is 0 Å². The summed E-state index contributed by atoms with van der Waals surface area (Å²) in [4.78, 5) is 29.2. The molecule has 0 bridgehead atoms. The Morgan fingerprint density at radius 3 is 0.860 bits per heavy atom. The van der Waals surface area contributed by atoms with Crippen LogP contribution in [-0.4, -0.2) is 16.9 Å². The smallest absolute Gasteiger partial charge is 0.334 e. The Hall–Kier alpha value is -6.33. The molecule has 0 spiro atoms. The second-order valence-corrected chi connectivity index (χ2v) is 11.8. The highest BCUT2D eigenvalue weighted by atomic mass is 16.6. The van der Waals surface area contributed by atoms with Gasteiger partial charge in [-0.3, -0.25) is 4.98 Å². The summed E-state index contributed by atoms with van der Waals surface area (Å²) in [5, 5.41) is 0. The summed E-state index contributed by atoms with van der Waals surface area (Å²) in [7, 11) is 0. The number of esters is 2. The highest BCUT2D eigenvalue weighted by Crippen LogP contribution is 2.42. The second kappa shape index (κ2) is 16.2. The highest BCUT2D eigenvalue weighted by molar-refractivity contribution is 5.88. The van der Waals surface area contributed by atoms with Gasteiger partial charge in [0.05, 0.1) is 0 Å². The summed E-state index contributed by atoms with van der Waals surface area (Å²) in [6.07, 6.45) is 3.40. The molecular weight excluding hydrogens is 618 g/mol. The van der Waals surface area contributed by atoms with Crippen molar-refractivity contribution in [2.75, 3.05) is 0 Å². The zero-order valence-electron chi connectivity index (χ0n) is 28.2. The largest absolute Gasteiger partial charge is 0.441 e. The van der Waals surface area contributed by atoms with Crippen molar-refractivity contribution < 1.29 is 19.1 Å². The van der Waals surface area contributed by atoms with Crippen LogP contribution in [0.2, 0.25) is 0 Å². The summed E-state index contributed by atoms with van der Waals surface area (Å²) in [6, 6.07) is 52.6. The van der Waals surface area contributed by atoms with Crippen molar-refractivity contribution in [3.63, 3.8) is 0 Å². The zero-order chi connectivity index (χ0) is 35.4. The van der Waals surface area contributed by atoms with E-state index in [9.17, 15) is 9.59 Å². The number of hydrogen-bond donors (Lipinski definition) is 0. The molecule has 0 fully saturated rings. The molecule has 0 aliphatic heterocycles. The number of hydrogen-bond acceptors (Lipinski definition) is 5. The van der Waals surface area contributed by atoms with Crippen molar-refractivity contribution in [2.45, 2.75) is 25.0 Å². The Kier molecular flexibility index (Phi) is 11.3. The first-order valence-electron chi connectivity index (χ1n) is 16.2. The summed E-state index contributed by atoms with van der Waals surface area (Å²) in [6.45, 7) is 10.8. The van der Waals surface area contributed by atoms with Crippen molar-refractivity contribution in [1.29, 1.82) is 0 Å². The monoisotopic (exact) mass is 657 g/mol. The molecule has 0 unspecified atom stereocenters. The van der Waals surface area contributed by atoms with Crippen LogP contribution in [0, 0.1) is 0 Å². The quantitative estimate of drug-likeness (QED) is 0.0834. The summed E-state index contributed by atoms with van der Waals surface area (Å²) in [5.74, 6) is -0.860. The molecule has 1 aromatic heterocycles. The van der Waals surface area contributed by atoms with E-state index < -0.39 is 23.1 Å². The van der Waals surface area contributed by atoms with Gasteiger partial charge in [-0.2, -0.15) is 0 Å². The van der Waals surface area contributed by atoms with E-state index in [0.717, 1.165) is 33.4 Å². The van der Waals surface area contributed by atoms with Crippen LogP contribution in [0.15, 0.2) is 200 Å². The lowest BCUT2D eigenvalue weighted by Gasteiger charge is -2.35. The number of carbonyl (C=O) groups is 2. The topological polar surface area (TPSA) is 65.5 Å². The maximum absolute atomic E-state index is 12.6. The number of nitrogens with zero attached hydrogens (tertiary/aromatic N) is 1. The van der Waals surface area contributed by atoms with Gasteiger partial charge < -0.3 is 9.47 Å². The van der Waals surface area contributed by atoms with Gasteiger partial charge >= 0.3 is 11.9 Å². The Labute approximate surface area is 294 Å². The van der Waals surface area contributed by atoms with E-state index in [0.29, 0.717) is 11.1 Å². The normalized spacial score (nSPS) is 10.9. The molecule has 0 saturated carbocycles. The number of rotatable bonds is 10. The third-order valence-electron chi connectivity index (χ3n) is 8.18. The average molecular weight is 658 g/mol. The first-order chi connectivity index (χ1) is 24.3. The van der Waals surface area contributed by atoms with Crippen LogP contribution in [-0.2, 0) is 30.3 Å². The maximum atomic E-state index is 12.6. The minimum Gasteiger partial charge on any atom is -0.441 e. The van der Waals surface area contributed by atoms with Crippen molar-refractivity contribution >= 4 is 11.9 Å². The fourth-order valence-corrected chi connectivity index (χ4v) is 5.76. The van der Waals surface area contributed by atoms with E-state index >= 15 is 0 Å². The van der Waals surface area contributed by atoms with Crippen molar-refractivity contribution in [3.8, 4) is 0 Å². The summed E-state index contributed by atoms with van der Waals surface area (Å²) >= 11 is 0. The van der Waals surface area contributed by atoms with Crippen molar-refractivity contribution in [2.24, 2.45) is 0 Å². The third-order valence-corrected chi connectivity index (χ3v) is 8.18. The van der Waals surface area contributed by atoms with Gasteiger partial charge in [-0.15, -0.1) is 0 Å². The lowest BCUT2D eigenvalue weighted by molar-refractivity contribution is -0.149.